The Morgan fingerprint density at radius 2 is 1.46 bits per heavy atom. The van der Waals surface area contributed by atoms with Gasteiger partial charge in [-0.3, -0.25) is 4.79 Å². The molecule has 0 saturated carbocycles. The number of unbranched alkanes of at least 4 members (excludes halogenated alkanes) is 1. The molecule has 1 nitrogen and oxygen atoms in total. The van der Waals surface area contributed by atoms with E-state index in [9.17, 15) is 4.79 Å². The van der Waals surface area contributed by atoms with Crippen LogP contribution in [0, 0.1) is 5.41 Å². The zero-order valence-corrected chi connectivity index (χ0v) is 9.65. The summed E-state index contributed by atoms with van der Waals surface area (Å²) in [5.74, 6) is 0.488. The molecule has 0 heterocycles. The molecule has 0 amide bonds. The molecule has 0 aliphatic rings. The lowest BCUT2D eigenvalue weighted by Crippen LogP contribution is -2.28. The van der Waals surface area contributed by atoms with Crippen molar-refractivity contribution in [3.63, 3.8) is 0 Å². The van der Waals surface area contributed by atoms with Crippen molar-refractivity contribution in [2.24, 2.45) is 5.41 Å². The molecular formula is C12H24O. The highest BCUT2D eigenvalue weighted by atomic mass is 16.1. The molecule has 0 aromatic heterocycles. The van der Waals surface area contributed by atoms with Crippen LogP contribution in [0.1, 0.15) is 66.2 Å². The Bertz CT molecular complexity index is 137. The third-order valence-corrected chi connectivity index (χ3v) is 3.38. The molecule has 0 aromatic carbocycles. The molecule has 0 spiro atoms. The molecule has 0 atom stereocenters. The van der Waals surface area contributed by atoms with Crippen LogP contribution in [-0.2, 0) is 4.79 Å². The second kappa shape index (κ2) is 6.17. The number of hydrogen-bond donors (Lipinski definition) is 0. The van der Waals surface area contributed by atoms with Gasteiger partial charge in [0, 0.05) is 11.8 Å². The van der Waals surface area contributed by atoms with Crippen molar-refractivity contribution in [1.82, 2.24) is 0 Å². The standard InChI is InChI=1S/C12H24O/c1-5-9-10-11(13)12(6-2,7-3)8-4/h5-10H2,1-4H3. The fraction of sp³-hybridized carbons (Fsp3) is 0.917. The highest BCUT2D eigenvalue weighted by Crippen LogP contribution is 2.33. The average molecular weight is 184 g/mol. The van der Waals surface area contributed by atoms with Gasteiger partial charge < -0.3 is 0 Å². The van der Waals surface area contributed by atoms with Crippen LogP contribution in [0.15, 0.2) is 0 Å². The van der Waals surface area contributed by atoms with Crippen molar-refractivity contribution in [2.75, 3.05) is 0 Å². The topological polar surface area (TPSA) is 17.1 Å². The Hall–Kier alpha value is -0.330. The van der Waals surface area contributed by atoms with Crippen molar-refractivity contribution in [2.45, 2.75) is 66.2 Å². The molecule has 0 unspecified atom stereocenters. The molecule has 0 radical (unpaired) electrons. The molecule has 0 aliphatic carbocycles. The lowest BCUT2D eigenvalue weighted by atomic mass is 9.74. The largest absolute Gasteiger partial charge is 0.299 e. The third kappa shape index (κ3) is 3.13. The van der Waals surface area contributed by atoms with Crippen molar-refractivity contribution < 1.29 is 4.79 Å². The number of hydrogen-bond acceptors (Lipinski definition) is 1. The van der Waals surface area contributed by atoms with Crippen molar-refractivity contribution in [1.29, 1.82) is 0 Å². The molecule has 78 valence electrons. The minimum Gasteiger partial charge on any atom is -0.299 e. The van der Waals surface area contributed by atoms with Crippen LogP contribution < -0.4 is 0 Å². The maximum absolute atomic E-state index is 11.9. The SMILES string of the molecule is CCCCC(=O)C(CC)(CC)CC. The van der Waals surface area contributed by atoms with Gasteiger partial charge in [0.15, 0.2) is 0 Å². The summed E-state index contributed by atoms with van der Waals surface area (Å²) in [5.41, 5.74) is -0.00479. The molecule has 0 bridgehead atoms. The fourth-order valence-corrected chi connectivity index (χ4v) is 1.94. The van der Waals surface area contributed by atoms with Gasteiger partial charge in [-0.25, -0.2) is 0 Å². The maximum Gasteiger partial charge on any atom is 0.139 e. The third-order valence-electron chi connectivity index (χ3n) is 3.38. The first-order chi connectivity index (χ1) is 6.16. The van der Waals surface area contributed by atoms with E-state index in [1.54, 1.807) is 0 Å². The fourth-order valence-electron chi connectivity index (χ4n) is 1.94. The Kier molecular flexibility index (Phi) is 6.02. The number of ketones is 1. The van der Waals surface area contributed by atoms with E-state index in [1.165, 1.54) is 0 Å². The monoisotopic (exact) mass is 184 g/mol. The van der Waals surface area contributed by atoms with Crippen LogP contribution in [0.4, 0.5) is 0 Å². The van der Waals surface area contributed by atoms with Crippen molar-refractivity contribution in [3.8, 4) is 0 Å². The first kappa shape index (κ1) is 12.7. The minimum atomic E-state index is -0.00479. The Morgan fingerprint density at radius 1 is 1.00 bits per heavy atom. The molecular weight excluding hydrogens is 160 g/mol. The van der Waals surface area contributed by atoms with E-state index >= 15 is 0 Å². The number of Topliss-reactive ketones (excluding diaryl/α,β-unsaturated/α-hetero) is 1. The molecule has 0 fully saturated rings. The Morgan fingerprint density at radius 3 is 1.77 bits per heavy atom. The Balaban J connectivity index is 4.26. The second-order valence-corrected chi connectivity index (χ2v) is 3.87. The first-order valence-electron chi connectivity index (χ1n) is 5.70. The van der Waals surface area contributed by atoms with E-state index in [1.807, 2.05) is 0 Å². The van der Waals surface area contributed by atoms with Gasteiger partial charge in [-0.1, -0.05) is 34.1 Å². The summed E-state index contributed by atoms with van der Waals surface area (Å²) in [6.07, 6.45) is 5.97. The molecule has 1 heteroatoms. The second-order valence-electron chi connectivity index (χ2n) is 3.87. The van der Waals surface area contributed by atoms with E-state index < -0.39 is 0 Å². The van der Waals surface area contributed by atoms with Crippen LogP contribution in [0.2, 0.25) is 0 Å². The summed E-state index contributed by atoms with van der Waals surface area (Å²) >= 11 is 0. The molecule has 0 aromatic rings. The summed E-state index contributed by atoms with van der Waals surface area (Å²) in [7, 11) is 0. The Labute approximate surface area is 82.9 Å². The summed E-state index contributed by atoms with van der Waals surface area (Å²) in [4.78, 5) is 11.9. The minimum absolute atomic E-state index is 0.00479. The lowest BCUT2D eigenvalue weighted by molar-refractivity contribution is -0.129. The molecule has 0 saturated heterocycles. The molecule has 13 heavy (non-hydrogen) atoms. The predicted molar refractivity (Wildman–Crippen MR) is 57.8 cm³/mol. The van der Waals surface area contributed by atoms with Crippen LogP contribution in [0.5, 0.6) is 0 Å². The van der Waals surface area contributed by atoms with Gasteiger partial charge in [-0.15, -0.1) is 0 Å². The van der Waals surface area contributed by atoms with E-state index in [2.05, 4.69) is 27.7 Å². The summed E-state index contributed by atoms with van der Waals surface area (Å²) < 4.78 is 0. The van der Waals surface area contributed by atoms with Crippen LogP contribution in [0.25, 0.3) is 0 Å². The van der Waals surface area contributed by atoms with Gasteiger partial charge in [-0.05, 0) is 25.7 Å². The van der Waals surface area contributed by atoms with E-state index in [-0.39, 0.29) is 5.41 Å². The quantitative estimate of drug-likeness (QED) is 0.585. The maximum atomic E-state index is 11.9. The van der Waals surface area contributed by atoms with E-state index in [0.717, 1.165) is 38.5 Å². The van der Waals surface area contributed by atoms with Crippen LogP contribution >= 0.6 is 0 Å². The smallest absolute Gasteiger partial charge is 0.139 e. The van der Waals surface area contributed by atoms with Gasteiger partial charge in [-0.2, -0.15) is 0 Å². The first-order valence-corrected chi connectivity index (χ1v) is 5.70. The zero-order chi connectivity index (χ0) is 10.3. The van der Waals surface area contributed by atoms with E-state index in [4.69, 9.17) is 0 Å². The average Bonchev–Trinajstić information content (AvgIpc) is 2.18. The molecule has 0 rings (SSSR count). The number of carbonyl (C=O) groups excluding carboxylic acids is 1. The van der Waals surface area contributed by atoms with Crippen molar-refractivity contribution >= 4 is 5.78 Å². The highest BCUT2D eigenvalue weighted by molar-refractivity contribution is 5.84. The van der Waals surface area contributed by atoms with Crippen molar-refractivity contribution in [3.05, 3.63) is 0 Å². The highest BCUT2D eigenvalue weighted by Gasteiger charge is 2.31. The number of carbonyl (C=O) groups is 1. The van der Waals surface area contributed by atoms with Gasteiger partial charge in [0.1, 0.15) is 5.78 Å². The zero-order valence-electron chi connectivity index (χ0n) is 9.65. The lowest BCUT2D eigenvalue weighted by Gasteiger charge is -2.28. The summed E-state index contributed by atoms with van der Waals surface area (Å²) in [5, 5.41) is 0. The summed E-state index contributed by atoms with van der Waals surface area (Å²) in [6, 6.07) is 0. The van der Waals surface area contributed by atoms with Gasteiger partial charge in [0.2, 0.25) is 0 Å². The molecule has 0 N–H and O–H groups in total. The predicted octanol–water partition coefficient (Wildman–Crippen LogP) is 3.96. The van der Waals surface area contributed by atoms with Crippen LogP contribution in [-0.4, -0.2) is 5.78 Å². The van der Waals surface area contributed by atoms with E-state index in [0.29, 0.717) is 5.78 Å². The van der Waals surface area contributed by atoms with Gasteiger partial charge in [0.05, 0.1) is 0 Å². The van der Waals surface area contributed by atoms with Gasteiger partial charge in [0.25, 0.3) is 0 Å². The molecule has 0 aliphatic heterocycles. The number of rotatable bonds is 7. The summed E-state index contributed by atoms with van der Waals surface area (Å²) in [6.45, 7) is 8.54. The normalized spacial score (nSPS) is 11.7. The van der Waals surface area contributed by atoms with Gasteiger partial charge >= 0.3 is 0 Å². The van der Waals surface area contributed by atoms with Crippen LogP contribution in [0.3, 0.4) is 0 Å².